The second-order valence-corrected chi connectivity index (χ2v) is 5.55. The summed E-state index contributed by atoms with van der Waals surface area (Å²) < 4.78 is 5.29. The second-order valence-electron chi connectivity index (χ2n) is 4.71. The number of nitrogens with zero attached hydrogens (tertiary/aromatic N) is 1. The van der Waals surface area contributed by atoms with E-state index in [1.165, 1.54) is 0 Å². The smallest absolute Gasteiger partial charge is 0.146 e. The van der Waals surface area contributed by atoms with E-state index in [2.05, 4.69) is 10.3 Å². The van der Waals surface area contributed by atoms with Crippen molar-refractivity contribution < 1.29 is 4.74 Å². The minimum atomic E-state index is 0.595. The van der Waals surface area contributed by atoms with Gasteiger partial charge in [0, 0.05) is 39.5 Å². The van der Waals surface area contributed by atoms with Crippen LogP contribution in [0.4, 0.5) is 17.1 Å². The molecule has 6 heteroatoms. The molecule has 0 bridgehead atoms. The zero-order valence-electron chi connectivity index (χ0n) is 11.3. The highest BCUT2D eigenvalue weighted by molar-refractivity contribution is 6.36. The molecule has 3 N–H and O–H groups in total. The molecule has 3 rings (SSSR count). The standard InChI is InChI=1S/C15H13Cl2N3O/c1-21-14-6-9(18)2-3-12(14)19-15-7-10-11(17)4-8(16)5-13(10)20-15/h2-6H,7,18H2,1H3,(H,19,20). The SMILES string of the molecule is COc1cc(N)ccc1N=C1Cc2c(Cl)cc(Cl)cc2N1. The van der Waals surface area contributed by atoms with Crippen LogP contribution in [0, 0.1) is 0 Å². The van der Waals surface area contributed by atoms with Gasteiger partial charge < -0.3 is 15.8 Å². The van der Waals surface area contributed by atoms with Gasteiger partial charge in [0.15, 0.2) is 0 Å². The predicted octanol–water partition coefficient (Wildman–Crippen LogP) is 4.28. The molecule has 0 radical (unpaired) electrons. The van der Waals surface area contributed by atoms with Crippen LogP contribution in [-0.4, -0.2) is 12.9 Å². The van der Waals surface area contributed by atoms with Gasteiger partial charge in [0.2, 0.25) is 0 Å². The number of aliphatic imine (C=N–C) groups is 1. The van der Waals surface area contributed by atoms with Crippen LogP contribution in [0.25, 0.3) is 0 Å². The Morgan fingerprint density at radius 2 is 2.05 bits per heavy atom. The van der Waals surface area contributed by atoms with E-state index in [1.54, 1.807) is 25.3 Å². The van der Waals surface area contributed by atoms with Gasteiger partial charge in [0.05, 0.1) is 7.11 Å². The Balaban J connectivity index is 1.96. The largest absolute Gasteiger partial charge is 0.494 e. The fourth-order valence-corrected chi connectivity index (χ4v) is 2.82. The number of ether oxygens (including phenoxy) is 1. The van der Waals surface area contributed by atoms with Crippen molar-refractivity contribution >= 4 is 46.1 Å². The van der Waals surface area contributed by atoms with Crippen molar-refractivity contribution in [2.75, 3.05) is 18.2 Å². The number of methoxy groups -OCH3 is 1. The Morgan fingerprint density at radius 1 is 1.24 bits per heavy atom. The maximum atomic E-state index is 6.20. The Kier molecular flexibility index (Phi) is 3.66. The van der Waals surface area contributed by atoms with E-state index in [1.807, 2.05) is 12.1 Å². The number of hydrogen-bond acceptors (Lipinski definition) is 3. The van der Waals surface area contributed by atoms with Crippen molar-refractivity contribution in [1.29, 1.82) is 0 Å². The molecule has 1 aliphatic heterocycles. The number of nitrogen functional groups attached to an aromatic ring is 1. The molecule has 4 nitrogen and oxygen atoms in total. The predicted molar refractivity (Wildman–Crippen MR) is 88.3 cm³/mol. The van der Waals surface area contributed by atoms with Gasteiger partial charge in [-0.3, -0.25) is 0 Å². The van der Waals surface area contributed by atoms with Crippen molar-refractivity contribution in [3.63, 3.8) is 0 Å². The lowest BCUT2D eigenvalue weighted by Gasteiger charge is -2.06. The topological polar surface area (TPSA) is 59.6 Å². The molecular weight excluding hydrogens is 309 g/mol. The minimum Gasteiger partial charge on any atom is -0.494 e. The minimum absolute atomic E-state index is 0.595. The molecular formula is C15H13Cl2N3O. The normalized spacial score (nSPS) is 14.9. The van der Waals surface area contributed by atoms with Crippen molar-refractivity contribution in [2.45, 2.75) is 6.42 Å². The number of nitrogens with two attached hydrogens (primary N) is 1. The first kappa shape index (κ1) is 14.0. The lowest BCUT2D eigenvalue weighted by Crippen LogP contribution is -2.05. The number of nitrogens with one attached hydrogen (secondary N) is 1. The lowest BCUT2D eigenvalue weighted by molar-refractivity contribution is 0.416. The Hall–Kier alpha value is -1.91. The van der Waals surface area contributed by atoms with Gasteiger partial charge in [-0.25, -0.2) is 4.99 Å². The summed E-state index contributed by atoms with van der Waals surface area (Å²) in [5.74, 6) is 1.42. The van der Waals surface area contributed by atoms with Crippen LogP contribution in [0.3, 0.4) is 0 Å². The van der Waals surface area contributed by atoms with Crippen molar-refractivity contribution in [1.82, 2.24) is 0 Å². The number of halogens is 2. The van der Waals surface area contributed by atoms with E-state index >= 15 is 0 Å². The molecule has 0 fully saturated rings. The van der Waals surface area contributed by atoms with Crippen LogP contribution in [0.2, 0.25) is 10.0 Å². The highest BCUT2D eigenvalue weighted by Gasteiger charge is 2.20. The van der Waals surface area contributed by atoms with Crippen LogP contribution < -0.4 is 15.8 Å². The highest BCUT2D eigenvalue weighted by atomic mass is 35.5. The quantitative estimate of drug-likeness (QED) is 0.811. The van der Waals surface area contributed by atoms with Gasteiger partial charge >= 0.3 is 0 Å². The third kappa shape index (κ3) is 2.77. The lowest BCUT2D eigenvalue weighted by atomic mass is 10.1. The number of anilines is 2. The number of amidine groups is 1. The van der Waals surface area contributed by atoms with Gasteiger partial charge in [-0.05, 0) is 24.3 Å². The first-order valence-corrected chi connectivity index (χ1v) is 7.08. The molecule has 1 heterocycles. The maximum absolute atomic E-state index is 6.20. The molecule has 0 saturated heterocycles. The average molecular weight is 322 g/mol. The van der Waals surface area contributed by atoms with Crippen LogP contribution in [0.1, 0.15) is 5.56 Å². The summed E-state index contributed by atoms with van der Waals surface area (Å²) in [6.07, 6.45) is 0.624. The maximum Gasteiger partial charge on any atom is 0.146 e. The fraction of sp³-hybridized carbons (Fsp3) is 0.133. The first-order valence-electron chi connectivity index (χ1n) is 6.33. The highest BCUT2D eigenvalue weighted by Crippen LogP contribution is 2.35. The molecule has 2 aromatic carbocycles. The molecule has 1 aliphatic rings. The van der Waals surface area contributed by atoms with E-state index in [9.17, 15) is 0 Å². The van der Waals surface area contributed by atoms with Gasteiger partial charge in [0.25, 0.3) is 0 Å². The van der Waals surface area contributed by atoms with Crippen LogP contribution >= 0.6 is 23.2 Å². The van der Waals surface area contributed by atoms with Gasteiger partial charge in [-0.15, -0.1) is 0 Å². The van der Waals surface area contributed by atoms with E-state index in [0.29, 0.717) is 33.6 Å². The summed E-state index contributed by atoms with van der Waals surface area (Å²) in [4.78, 5) is 4.58. The van der Waals surface area contributed by atoms with E-state index in [-0.39, 0.29) is 0 Å². The van der Waals surface area contributed by atoms with Crippen molar-refractivity contribution in [3.05, 3.63) is 45.9 Å². The summed E-state index contributed by atoms with van der Waals surface area (Å²) in [5.41, 5.74) is 8.97. The average Bonchev–Trinajstić information content (AvgIpc) is 2.83. The molecule has 0 saturated carbocycles. The molecule has 0 aromatic heterocycles. The molecule has 0 atom stereocenters. The van der Waals surface area contributed by atoms with Gasteiger partial charge in [-0.1, -0.05) is 23.2 Å². The molecule has 108 valence electrons. The Morgan fingerprint density at radius 3 is 2.81 bits per heavy atom. The zero-order chi connectivity index (χ0) is 15.0. The molecule has 2 aromatic rings. The fourth-order valence-electron chi connectivity index (χ4n) is 2.26. The van der Waals surface area contributed by atoms with Crippen LogP contribution in [0.5, 0.6) is 5.75 Å². The molecule has 0 amide bonds. The molecule has 0 unspecified atom stereocenters. The van der Waals surface area contributed by atoms with E-state index < -0.39 is 0 Å². The van der Waals surface area contributed by atoms with Gasteiger partial charge in [-0.2, -0.15) is 0 Å². The summed E-state index contributed by atoms with van der Waals surface area (Å²) in [7, 11) is 1.59. The molecule has 21 heavy (non-hydrogen) atoms. The first-order chi connectivity index (χ1) is 10.1. The van der Waals surface area contributed by atoms with E-state index in [0.717, 1.165) is 17.1 Å². The number of benzene rings is 2. The third-order valence-electron chi connectivity index (χ3n) is 3.24. The third-order valence-corrected chi connectivity index (χ3v) is 3.80. The number of fused-ring (bicyclic) bond motifs is 1. The summed E-state index contributed by atoms with van der Waals surface area (Å²) >= 11 is 12.2. The monoisotopic (exact) mass is 321 g/mol. The summed E-state index contributed by atoms with van der Waals surface area (Å²) in [5, 5.41) is 4.46. The number of rotatable bonds is 2. The Bertz CT molecular complexity index is 744. The summed E-state index contributed by atoms with van der Waals surface area (Å²) in [6.45, 7) is 0. The zero-order valence-corrected chi connectivity index (χ0v) is 12.8. The van der Waals surface area contributed by atoms with Crippen LogP contribution in [0.15, 0.2) is 35.3 Å². The second kappa shape index (κ2) is 5.47. The van der Waals surface area contributed by atoms with Crippen molar-refractivity contribution in [3.8, 4) is 5.75 Å². The molecule has 0 spiro atoms. The number of hydrogen-bond donors (Lipinski definition) is 2. The molecule has 0 aliphatic carbocycles. The van der Waals surface area contributed by atoms with Crippen molar-refractivity contribution in [2.24, 2.45) is 4.99 Å². The van der Waals surface area contributed by atoms with Crippen LogP contribution in [-0.2, 0) is 6.42 Å². The summed E-state index contributed by atoms with van der Waals surface area (Å²) in [6, 6.07) is 8.92. The van der Waals surface area contributed by atoms with E-state index in [4.69, 9.17) is 33.7 Å². The Labute approximate surface area is 132 Å². The van der Waals surface area contributed by atoms with Gasteiger partial charge in [0.1, 0.15) is 17.3 Å².